The molecule has 0 aliphatic carbocycles. The maximum Gasteiger partial charge on any atom is 0.342 e. The van der Waals surface area contributed by atoms with E-state index in [2.05, 4.69) is 13.2 Å². The lowest BCUT2D eigenvalue weighted by molar-refractivity contribution is -0.150. The Morgan fingerprint density at radius 3 is 1.81 bits per heavy atom. The van der Waals surface area contributed by atoms with E-state index in [9.17, 15) is 9.59 Å². The van der Waals surface area contributed by atoms with Crippen LogP contribution in [0.25, 0.3) is 0 Å². The third-order valence-corrected chi connectivity index (χ3v) is 1.68. The van der Waals surface area contributed by atoms with E-state index in [0.717, 1.165) is 0 Å². The van der Waals surface area contributed by atoms with Gasteiger partial charge in [0.2, 0.25) is 0 Å². The van der Waals surface area contributed by atoms with E-state index in [4.69, 9.17) is 4.74 Å². The second-order valence-corrected chi connectivity index (χ2v) is 4.30. The SMILES string of the molecule is C=CC(C=C)=C(C(C)=O)C(=O)OC(C)(C)C. The molecule has 0 aromatic heterocycles. The molecule has 16 heavy (non-hydrogen) atoms. The Bertz CT molecular complexity index is 344. The number of hydrogen-bond acceptors (Lipinski definition) is 3. The van der Waals surface area contributed by atoms with E-state index in [-0.39, 0.29) is 11.4 Å². The first kappa shape index (κ1) is 14.4. The van der Waals surface area contributed by atoms with Gasteiger partial charge in [-0.25, -0.2) is 4.79 Å². The topological polar surface area (TPSA) is 43.4 Å². The van der Waals surface area contributed by atoms with Gasteiger partial charge in [0.15, 0.2) is 5.78 Å². The molecule has 0 aliphatic rings. The van der Waals surface area contributed by atoms with E-state index in [0.29, 0.717) is 5.57 Å². The molecule has 0 aromatic rings. The van der Waals surface area contributed by atoms with Gasteiger partial charge in [-0.2, -0.15) is 0 Å². The van der Waals surface area contributed by atoms with Crippen molar-refractivity contribution in [1.82, 2.24) is 0 Å². The van der Waals surface area contributed by atoms with Gasteiger partial charge in [-0.3, -0.25) is 4.79 Å². The summed E-state index contributed by atoms with van der Waals surface area (Å²) in [7, 11) is 0. The van der Waals surface area contributed by atoms with Crippen LogP contribution in [-0.2, 0) is 14.3 Å². The molecule has 3 heteroatoms. The first-order valence-electron chi connectivity index (χ1n) is 4.96. The Morgan fingerprint density at radius 2 is 1.56 bits per heavy atom. The van der Waals surface area contributed by atoms with Crippen LogP contribution in [0.2, 0.25) is 0 Å². The van der Waals surface area contributed by atoms with Gasteiger partial charge < -0.3 is 4.74 Å². The lowest BCUT2D eigenvalue weighted by Gasteiger charge is -2.20. The highest BCUT2D eigenvalue weighted by Gasteiger charge is 2.24. The Kier molecular flexibility index (Phi) is 4.89. The van der Waals surface area contributed by atoms with E-state index < -0.39 is 11.6 Å². The normalized spacial score (nSPS) is 10.2. The molecule has 0 spiro atoms. The van der Waals surface area contributed by atoms with Crippen LogP contribution in [0.15, 0.2) is 36.5 Å². The second kappa shape index (κ2) is 5.45. The molecule has 0 atom stereocenters. The summed E-state index contributed by atoms with van der Waals surface area (Å²) in [5, 5.41) is 0. The molecule has 0 radical (unpaired) electrons. The van der Waals surface area contributed by atoms with Crippen molar-refractivity contribution in [2.24, 2.45) is 0 Å². The highest BCUT2D eigenvalue weighted by molar-refractivity contribution is 6.17. The zero-order chi connectivity index (χ0) is 12.9. The number of carbonyl (C=O) groups excluding carboxylic acids is 2. The quantitative estimate of drug-likeness (QED) is 0.241. The second-order valence-electron chi connectivity index (χ2n) is 4.30. The fourth-order valence-corrected chi connectivity index (χ4v) is 1.08. The minimum Gasteiger partial charge on any atom is -0.456 e. The Morgan fingerprint density at radius 1 is 1.12 bits per heavy atom. The molecule has 0 aromatic carbocycles. The standard InChI is InChI=1S/C13H18O3/c1-7-10(8-2)11(9(3)14)12(15)16-13(4,5)6/h7-8H,1-2H2,3-6H3. The van der Waals surface area contributed by atoms with Gasteiger partial charge in [0.1, 0.15) is 11.2 Å². The predicted octanol–water partition coefficient (Wildman–Crippen LogP) is 2.59. The van der Waals surface area contributed by atoms with Crippen molar-refractivity contribution in [2.45, 2.75) is 33.3 Å². The first-order chi connectivity index (χ1) is 7.22. The zero-order valence-electron chi connectivity index (χ0n) is 10.3. The molecule has 0 N–H and O–H groups in total. The Labute approximate surface area is 96.5 Å². The average Bonchev–Trinajstić information content (AvgIpc) is 2.09. The molecule has 0 unspecified atom stereocenters. The van der Waals surface area contributed by atoms with E-state index in [1.54, 1.807) is 20.8 Å². The summed E-state index contributed by atoms with van der Waals surface area (Å²) in [4.78, 5) is 23.1. The summed E-state index contributed by atoms with van der Waals surface area (Å²) in [5.74, 6) is -1.00. The minimum atomic E-state index is -0.644. The average molecular weight is 222 g/mol. The van der Waals surface area contributed by atoms with Crippen LogP contribution in [0.1, 0.15) is 27.7 Å². The molecule has 0 heterocycles. The number of Topliss-reactive ketones (excluding diaryl/α,β-unsaturated/α-hetero) is 1. The molecule has 0 bridgehead atoms. The number of allylic oxidation sites excluding steroid dienone is 3. The molecule has 0 saturated carbocycles. The summed E-state index contributed by atoms with van der Waals surface area (Å²) in [6.45, 7) is 13.6. The van der Waals surface area contributed by atoms with Crippen LogP contribution >= 0.6 is 0 Å². The highest BCUT2D eigenvalue weighted by atomic mass is 16.6. The maximum absolute atomic E-state index is 11.8. The number of hydrogen-bond donors (Lipinski definition) is 0. The van der Waals surface area contributed by atoms with Crippen molar-refractivity contribution in [1.29, 1.82) is 0 Å². The van der Waals surface area contributed by atoms with Crippen molar-refractivity contribution in [3.8, 4) is 0 Å². The van der Waals surface area contributed by atoms with Crippen molar-refractivity contribution in [2.75, 3.05) is 0 Å². The Balaban J connectivity index is 5.33. The number of carbonyl (C=O) groups is 2. The van der Waals surface area contributed by atoms with Gasteiger partial charge in [0, 0.05) is 0 Å². The van der Waals surface area contributed by atoms with Crippen LogP contribution in [-0.4, -0.2) is 17.4 Å². The summed E-state index contributed by atoms with van der Waals surface area (Å²) in [6.07, 6.45) is 2.82. The molecule has 0 rings (SSSR count). The van der Waals surface area contributed by atoms with Gasteiger partial charge in [0.05, 0.1) is 0 Å². The predicted molar refractivity (Wildman–Crippen MR) is 63.9 cm³/mol. The Hall–Kier alpha value is -1.64. The summed E-state index contributed by atoms with van der Waals surface area (Å²) < 4.78 is 5.13. The van der Waals surface area contributed by atoms with Crippen molar-refractivity contribution in [3.63, 3.8) is 0 Å². The molecule has 3 nitrogen and oxygen atoms in total. The fourth-order valence-electron chi connectivity index (χ4n) is 1.08. The van der Waals surface area contributed by atoms with Gasteiger partial charge in [-0.1, -0.05) is 25.3 Å². The third-order valence-electron chi connectivity index (χ3n) is 1.68. The number of ketones is 1. The number of rotatable bonds is 4. The summed E-state index contributed by atoms with van der Waals surface area (Å²) >= 11 is 0. The fraction of sp³-hybridized carbons (Fsp3) is 0.385. The van der Waals surface area contributed by atoms with Crippen LogP contribution in [0.5, 0.6) is 0 Å². The third kappa shape index (κ3) is 4.26. The van der Waals surface area contributed by atoms with Crippen LogP contribution in [0.3, 0.4) is 0 Å². The number of ether oxygens (including phenoxy) is 1. The van der Waals surface area contributed by atoms with Crippen molar-refractivity contribution < 1.29 is 14.3 Å². The lowest BCUT2D eigenvalue weighted by Crippen LogP contribution is -2.27. The molecule has 0 saturated heterocycles. The molecule has 0 amide bonds. The molecular weight excluding hydrogens is 204 g/mol. The largest absolute Gasteiger partial charge is 0.456 e. The van der Waals surface area contributed by atoms with Crippen LogP contribution in [0, 0.1) is 0 Å². The highest BCUT2D eigenvalue weighted by Crippen LogP contribution is 2.15. The lowest BCUT2D eigenvalue weighted by atomic mass is 10.0. The molecule has 0 fully saturated rings. The monoisotopic (exact) mass is 222 g/mol. The van der Waals surface area contributed by atoms with Crippen LogP contribution < -0.4 is 0 Å². The maximum atomic E-state index is 11.8. The first-order valence-corrected chi connectivity index (χ1v) is 4.96. The molecule has 0 aliphatic heterocycles. The van der Waals surface area contributed by atoms with Crippen molar-refractivity contribution >= 4 is 11.8 Å². The van der Waals surface area contributed by atoms with E-state index >= 15 is 0 Å². The van der Waals surface area contributed by atoms with Crippen molar-refractivity contribution in [3.05, 3.63) is 36.5 Å². The smallest absolute Gasteiger partial charge is 0.342 e. The summed E-state index contributed by atoms with van der Waals surface area (Å²) in [6, 6.07) is 0. The molecular formula is C13H18O3. The minimum absolute atomic E-state index is 0.0140. The van der Waals surface area contributed by atoms with Crippen LogP contribution in [0.4, 0.5) is 0 Å². The zero-order valence-corrected chi connectivity index (χ0v) is 10.3. The van der Waals surface area contributed by atoms with Gasteiger partial charge in [-0.15, -0.1) is 0 Å². The molecule has 88 valence electrons. The van der Waals surface area contributed by atoms with E-state index in [1.807, 2.05) is 0 Å². The van der Waals surface area contributed by atoms with Gasteiger partial charge >= 0.3 is 5.97 Å². The van der Waals surface area contributed by atoms with Gasteiger partial charge in [0.25, 0.3) is 0 Å². The summed E-state index contributed by atoms with van der Waals surface area (Å²) in [5.41, 5.74) is -0.257. The van der Waals surface area contributed by atoms with Gasteiger partial charge in [-0.05, 0) is 33.3 Å². The number of esters is 1. The van der Waals surface area contributed by atoms with E-state index in [1.165, 1.54) is 19.1 Å².